The van der Waals surface area contributed by atoms with Crippen molar-refractivity contribution in [2.24, 2.45) is 0 Å². The fraction of sp³-hybridized carbons (Fsp3) is 0.417. The number of nitrogens with one attached hydrogen (secondary N) is 1. The van der Waals surface area contributed by atoms with E-state index in [4.69, 9.17) is 33.0 Å². The van der Waals surface area contributed by atoms with Crippen LogP contribution in [0.25, 0.3) is 0 Å². The Kier molecular flexibility index (Phi) is 8.10. The monoisotopic (exact) mass is 493 g/mol. The number of rotatable bonds is 5. The van der Waals surface area contributed by atoms with Gasteiger partial charge in [0.1, 0.15) is 5.60 Å². The average Bonchev–Trinajstić information content (AvgIpc) is 2.76. The van der Waals surface area contributed by atoms with Gasteiger partial charge in [0.25, 0.3) is 5.91 Å². The molecular weight excluding hydrogens is 465 g/mol. The summed E-state index contributed by atoms with van der Waals surface area (Å²) in [7, 11) is 0. The molecule has 2 N–H and O–H groups in total. The average molecular weight is 494 g/mol. The van der Waals surface area contributed by atoms with Crippen LogP contribution in [0.15, 0.2) is 42.5 Å². The Morgan fingerprint density at radius 3 is 2.42 bits per heavy atom. The normalized spacial score (nSPS) is 16.5. The van der Waals surface area contributed by atoms with Crippen molar-refractivity contribution >= 4 is 40.9 Å². The SMILES string of the molecule is CC(C)(C)OC(=O)N1CCN(c2ccc(C(=O)NCCO)cc2Cl)[C@H](c2ccc(Cl)cc2)C1. The van der Waals surface area contributed by atoms with E-state index in [9.17, 15) is 9.59 Å². The Bertz CT molecular complexity index is 992. The van der Waals surface area contributed by atoms with Gasteiger partial charge in [-0.1, -0.05) is 35.3 Å². The molecule has 1 fully saturated rings. The van der Waals surface area contributed by atoms with Crippen molar-refractivity contribution in [3.63, 3.8) is 0 Å². The van der Waals surface area contributed by atoms with Gasteiger partial charge in [0.15, 0.2) is 0 Å². The number of carbonyl (C=O) groups excluding carboxylic acids is 2. The highest BCUT2D eigenvalue weighted by molar-refractivity contribution is 6.33. The number of anilines is 1. The second-order valence-corrected chi connectivity index (χ2v) is 9.68. The van der Waals surface area contributed by atoms with Gasteiger partial charge in [0.05, 0.1) is 23.4 Å². The summed E-state index contributed by atoms with van der Waals surface area (Å²) < 4.78 is 5.58. The molecule has 1 heterocycles. The van der Waals surface area contributed by atoms with Crippen LogP contribution in [0.2, 0.25) is 10.0 Å². The Morgan fingerprint density at radius 1 is 1.12 bits per heavy atom. The zero-order chi connectivity index (χ0) is 24.2. The Morgan fingerprint density at radius 2 is 1.82 bits per heavy atom. The maximum atomic E-state index is 12.7. The minimum atomic E-state index is -0.584. The molecule has 178 valence electrons. The van der Waals surface area contributed by atoms with Crippen molar-refractivity contribution in [1.29, 1.82) is 0 Å². The van der Waals surface area contributed by atoms with Gasteiger partial charge in [0, 0.05) is 36.8 Å². The molecule has 2 aromatic rings. The fourth-order valence-electron chi connectivity index (χ4n) is 3.69. The van der Waals surface area contributed by atoms with E-state index in [1.54, 1.807) is 17.0 Å². The number of halogens is 2. The number of hydrogen-bond acceptors (Lipinski definition) is 5. The first-order valence-electron chi connectivity index (χ1n) is 10.8. The summed E-state index contributed by atoms with van der Waals surface area (Å²) >= 11 is 12.7. The van der Waals surface area contributed by atoms with Crippen LogP contribution in [-0.2, 0) is 4.74 Å². The summed E-state index contributed by atoms with van der Waals surface area (Å²) in [5.41, 5.74) is 1.57. The van der Waals surface area contributed by atoms with Gasteiger partial charge >= 0.3 is 6.09 Å². The molecule has 0 unspecified atom stereocenters. The van der Waals surface area contributed by atoms with Crippen LogP contribution in [-0.4, -0.2) is 60.4 Å². The number of amides is 2. The molecule has 0 spiro atoms. The van der Waals surface area contributed by atoms with Gasteiger partial charge in [-0.15, -0.1) is 0 Å². The third kappa shape index (κ3) is 6.53. The molecule has 0 radical (unpaired) electrons. The lowest BCUT2D eigenvalue weighted by molar-refractivity contribution is 0.0214. The molecular formula is C24H29Cl2N3O4. The van der Waals surface area contributed by atoms with Crippen LogP contribution in [0, 0.1) is 0 Å². The molecule has 2 amide bonds. The highest BCUT2D eigenvalue weighted by atomic mass is 35.5. The van der Waals surface area contributed by atoms with Crippen molar-refractivity contribution < 1.29 is 19.4 Å². The first-order valence-corrected chi connectivity index (χ1v) is 11.5. The lowest BCUT2D eigenvalue weighted by Crippen LogP contribution is -2.51. The van der Waals surface area contributed by atoms with Crippen molar-refractivity contribution in [2.45, 2.75) is 32.4 Å². The Balaban J connectivity index is 1.89. The lowest BCUT2D eigenvalue weighted by atomic mass is 10.0. The van der Waals surface area contributed by atoms with Gasteiger partial charge in [-0.3, -0.25) is 4.79 Å². The van der Waals surface area contributed by atoms with Gasteiger partial charge in [-0.25, -0.2) is 4.79 Å². The molecule has 0 bridgehead atoms. The first-order chi connectivity index (χ1) is 15.6. The zero-order valence-electron chi connectivity index (χ0n) is 19.0. The topological polar surface area (TPSA) is 82.1 Å². The summed E-state index contributed by atoms with van der Waals surface area (Å²) in [6, 6.07) is 12.4. The van der Waals surface area contributed by atoms with Gasteiger partial charge in [-0.05, 0) is 56.7 Å². The molecule has 1 saturated heterocycles. The van der Waals surface area contributed by atoms with Crippen LogP contribution >= 0.6 is 23.2 Å². The maximum absolute atomic E-state index is 12.7. The molecule has 1 aliphatic rings. The third-order valence-corrected chi connectivity index (χ3v) is 5.76. The number of ether oxygens (including phenoxy) is 1. The second kappa shape index (κ2) is 10.6. The summed E-state index contributed by atoms with van der Waals surface area (Å²) in [5.74, 6) is -0.304. The highest BCUT2D eigenvalue weighted by Crippen LogP contribution is 2.36. The second-order valence-electron chi connectivity index (χ2n) is 8.83. The summed E-state index contributed by atoms with van der Waals surface area (Å²) in [6.07, 6.45) is -0.358. The molecule has 1 atom stereocenters. The molecule has 33 heavy (non-hydrogen) atoms. The molecule has 0 aliphatic carbocycles. The molecule has 0 saturated carbocycles. The Hall–Kier alpha value is -2.48. The van der Waals surface area contributed by atoms with E-state index in [0.717, 1.165) is 11.3 Å². The van der Waals surface area contributed by atoms with E-state index in [2.05, 4.69) is 10.2 Å². The highest BCUT2D eigenvalue weighted by Gasteiger charge is 2.34. The van der Waals surface area contributed by atoms with Crippen LogP contribution in [0.1, 0.15) is 42.7 Å². The fourth-order valence-corrected chi connectivity index (χ4v) is 4.10. The molecule has 7 nitrogen and oxygen atoms in total. The van der Waals surface area contributed by atoms with Crippen LogP contribution < -0.4 is 10.2 Å². The number of piperazine rings is 1. The van der Waals surface area contributed by atoms with E-state index >= 15 is 0 Å². The Labute approximate surface area is 204 Å². The summed E-state index contributed by atoms with van der Waals surface area (Å²) in [5, 5.41) is 12.6. The van der Waals surface area contributed by atoms with E-state index in [0.29, 0.717) is 35.2 Å². The van der Waals surface area contributed by atoms with E-state index in [1.807, 2.05) is 51.1 Å². The minimum Gasteiger partial charge on any atom is -0.444 e. The number of hydrogen-bond donors (Lipinski definition) is 2. The molecule has 3 rings (SSSR count). The lowest BCUT2D eigenvalue weighted by Gasteiger charge is -2.43. The predicted molar refractivity (Wildman–Crippen MR) is 130 cm³/mol. The largest absolute Gasteiger partial charge is 0.444 e. The van der Waals surface area contributed by atoms with Crippen molar-refractivity contribution in [2.75, 3.05) is 37.7 Å². The quantitative estimate of drug-likeness (QED) is 0.639. The van der Waals surface area contributed by atoms with Gasteiger partial charge < -0.3 is 25.0 Å². The standard InChI is InChI=1S/C24H29Cl2N3O4/c1-24(2,3)33-23(32)28-11-12-29(21(15-28)16-4-7-18(25)8-5-16)20-9-6-17(14-19(20)26)22(31)27-10-13-30/h4-9,14,21,30H,10-13,15H2,1-3H3,(H,27,31)/t21-/m0/s1. The van der Waals surface area contributed by atoms with E-state index in [1.165, 1.54) is 0 Å². The van der Waals surface area contributed by atoms with Crippen LogP contribution in [0.5, 0.6) is 0 Å². The first kappa shape index (κ1) is 25.1. The summed E-state index contributed by atoms with van der Waals surface area (Å²) in [4.78, 5) is 28.8. The third-order valence-electron chi connectivity index (χ3n) is 5.20. The molecule has 0 aromatic heterocycles. The van der Waals surface area contributed by atoms with Gasteiger partial charge in [0.2, 0.25) is 0 Å². The predicted octanol–water partition coefficient (Wildman–Crippen LogP) is 4.51. The van der Waals surface area contributed by atoms with Crippen molar-refractivity contribution in [1.82, 2.24) is 10.2 Å². The number of aliphatic hydroxyl groups is 1. The maximum Gasteiger partial charge on any atom is 0.410 e. The van der Waals surface area contributed by atoms with E-state index in [-0.39, 0.29) is 31.2 Å². The van der Waals surface area contributed by atoms with Crippen LogP contribution in [0.4, 0.5) is 10.5 Å². The van der Waals surface area contributed by atoms with Crippen molar-refractivity contribution in [3.05, 3.63) is 63.6 Å². The van der Waals surface area contributed by atoms with Gasteiger partial charge in [-0.2, -0.15) is 0 Å². The summed E-state index contributed by atoms with van der Waals surface area (Å²) in [6.45, 7) is 6.97. The van der Waals surface area contributed by atoms with E-state index < -0.39 is 5.60 Å². The number of carbonyl (C=O) groups is 2. The molecule has 9 heteroatoms. The molecule has 1 aliphatic heterocycles. The van der Waals surface area contributed by atoms with Crippen LogP contribution in [0.3, 0.4) is 0 Å². The number of nitrogens with zero attached hydrogens (tertiary/aromatic N) is 2. The number of benzene rings is 2. The molecule has 2 aromatic carbocycles. The zero-order valence-corrected chi connectivity index (χ0v) is 20.5. The van der Waals surface area contributed by atoms with Crippen molar-refractivity contribution in [3.8, 4) is 0 Å². The minimum absolute atomic E-state index is 0.137. The number of aliphatic hydroxyl groups excluding tert-OH is 1. The smallest absolute Gasteiger partial charge is 0.410 e.